The highest BCUT2D eigenvalue weighted by molar-refractivity contribution is 6.34. The minimum Gasteiger partial charge on any atom is -0.480 e. The molecule has 0 aliphatic heterocycles. The van der Waals surface area contributed by atoms with Crippen LogP contribution in [0.1, 0.15) is 27.9 Å². The van der Waals surface area contributed by atoms with E-state index in [0.717, 1.165) is 16.8 Å². The van der Waals surface area contributed by atoms with Crippen molar-refractivity contribution in [2.45, 2.75) is 19.2 Å². The molecule has 8 nitrogen and oxygen atoms in total. The van der Waals surface area contributed by atoms with Crippen molar-refractivity contribution in [2.75, 3.05) is 5.32 Å². The van der Waals surface area contributed by atoms with Crippen LogP contribution in [0.25, 0.3) is 11.4 Å². The van der Waals surface area contributed by atoms with Crippen LogP contribution >= 0.6 is 11.6 Å². The van der Waals surface area contributed by atoms with E-state index in [0.29, 0.717) is 13.0 Å². The lowest BCUT2D eigenvalue weighted by Gasteiger charge is -2.20. The van der Waals surface area contributed by atoms with Crippen LogP contribution < -0.4 is 15.8 Å². The number of halogens is 6. The molecule has 2 aromatic carbocycles. The zero-order chi connectivity index (χ0) is 25.4. The fourth-order valence-electron chi connectivity index (χ4n) is 2.77. The van der Waals surface area contributed by atoms with Gasteiger partial charge in [0.25, 0.3) is 11.8 Å². The van der Waals surface area contributed by atoms with Crippen LogP contribution in [0.15, 0.2) is 30.3 Å². The Balaban J connectivity index is 2.11. The standard InChI is InChI=1S/C20H15ClF5N5O3/c1-8(20(24,25)26)34-14-7-9(17-29-18(16(27)32)31(2)30-17)13(23)6-10(14)19(33)28-15-11(21)4-3-5-12(15)22/h3-8H,1-2H3,(H2,27,32)(H,28,33)/t8-/m0/s1. The molecule has 14 heteroatoms. The predicted octanol–water partition coefficient (Wildman–Crippen LogP) is 4.09. The number of nitrogens with zero attached hydrogens (tertiary/aromatic N) is 3. The van der Waals surface area contributed by atoms with E-state index >= 15 is 0 Å². The minimum absolute atomic E-state index is 0.201. The van der Waals surface area contributed by atoms with Gasteiger partial charge in [-0.25, -0.2) is 18.4 Å². The fourth-order valence-corrected chi connectivity index (χ4v) is 2.98. The molecular weight excluding hydrogens is 489 g/mol. The van der Waals surface area contributed by atoms with Gasteiger partial charge in [0.05, 0.1) is 21.8 Å². The maximum Gasteiger partial charge on any atom is 0.425 e. The zero-order valence-corrected chi connectivity index (χ0v) is 18.1. The summed E-state index contributed by atoms with van der Waals surface area (Å²) < 4.78 is 74.2. The lowest BCUT2D eigenvalue weighted by atomic mass is 10.1. The SMILES string of the molecule is C[C@H](Oc1cc(-c2nc(C(N)=O)n(C)n2)c(F)cc1C(=O)Nc1c(F)cccc1Cl)C(F)(F)F. The molecule has 1 atom stereocenters. The number of amides is 2. The second-order valence-electron chi connectivity index (χ2n) is 6.93. The van der Waals surface area contributed by atoms with E-state index < -0.39 is 64.1 Å². The molecule has 0 fully saturated rings. The number of para-hydroxylation sites is 1. The van der Waals surface area contributed by atoms with E-state index in [4.69, 9.17) is 22.1 Å². The molecule has 2 amide bonds. The molecular formula is C20H15ClF5N5O3. The van der Waals surface area contributed by atoms with Gasteiger partial charge in [-0.3, -0.25) is 9.59 Å². The van der Waals surface area contributed by atoms with Crippen molar-refractivity contribution in [3.63, 3.8) is 0 Å². The maximum absolute atomic E-state index is 14.9. The Kier molecular flexibility index (Phi) is 6.77. The van der Waals surface area contributed by atoms with Crippen LogP contribution in [0.4, 0.5) is 27.6 Å². The molecule has 0 unspecified atom stereocenters. The number of ether oxygens (including phenoxy) is 1. The Bertz CT molecular complexity index is 1260. The number of nitrogens with one attached hydrogen (secondary N) is 1. The Morgan fingerprint density at radius 2 is 1.88 bits per heavy atom. The van der Waals surface area contributed by atoms with Crippen LogP contribution in [0.5, 0.6) is 5.75 Å². The first-order valence-electron chi connectivity index (χ1n) is 9.33. The number of anilines is 1. The van der Waals surface area contributed by atoms with Gasteiger partial charge in [-0.05, 0) is 31.2 Å². The van der Waals surface area contributed by atoms with Crippen molar-refractivity contribution in [3.05, 3.63) is 58.4 Å². The third-order valence-electron chi connectivity index (χ3n) is 4.50. The number of primary amides is 1. The molecule has 1 aromatic heterocycles. The third kappa shape index (κ3) is 5.09. The van der Waals surface area contributed by atoms with Crippen LogP contribution in [0, 0.1) is 11.6 Å². The number of rotatable bonds is 6. The van der Waals surface area contributed by atoms with Gasteiger partial charge in [-0.2, -0.15) is 18.3 Å². The Morgan fingerprint density at radius 1 is 1.21 bits per heavy atom. The van der Waals surface area contributed by atoms with E-state index in [2.05, 4.69) is 15.4 Å². The van der Waals surface area contributed by atoms with Gasteiger partial charge in [0, 0.05) is 7.05 Å². The van der Waals surface area contributed by atoms with E-state index in [1.165, 1.54) is 19.2 Å². The predicted molar refractivity (Wildman–Crippen MR) is 110 cm³/mol. The lowest BCUT2D eigenvalue weighted by Crippen LogP contribution is -2.32. The smallest absolute Gasteiger partial charge is 0.425 e. The average molecular weight is 504 g/mol. The van der Waals surface area contributed by atoms with Crippen molar-refractivity contribution < 1.29 is 36.3 Å². The van der Waals surface area contributed by atoms with Crippen molar-refractivity contribution in [2.24, 2.45) is 12.8 Å². The molecule has 3 rings (SSSR count). The largest absolute Gasteiger partial charge is 0.480 e. The second kappa shape index (κ2) is 9.25. The third-order valence-corrected chi connectivity index (χ3v) is 4.82. The summed E-state index contributed by atoms with van der Waals surface area (Å²) in [5, 5.41) is 5.71. The van der Waals surface area contributed by atoms with Gasteiger partial charge in [-0.1, -0.05) is 17.7 Å². The number of hydrogen-bond acceptors (Lipinski definition) is 5. The monoisotopic (exact) mass is 503 g/mol. The average Bonchev–Trinajstić information content (AvgIpc) is 3.12. The highest BCUT2D eigenvalue weighted by atomic mass is 35.5. The first-order valence-corrected chi connectivity index (χ1v) is 9.70. The highest BCUT2D eigenvalue weighted by Crippen LogP contribution is 2.34. The van der Waals surface area contributed by atoms with Crippen LogP contribution in [0.3, 0.4) is 0 Å². The first-order chi connectivity index (χ1) is 15.8. The van der Waals surface area contributed by atoms with Crippen molar-refractivity contribution in [3.8, 4) is 17.1 Å². The number of aromatic nitrogens is 3. The molecule has 0 bridgehead atoms. The van der Waals surface area contributed by atoms with Crippen LogP contribution in [-0.2, 0) is 7.05 Å². The van der Waals surface area contributed by atoms with Crippen molar-refractivity contribution in [1.29, 1.82) is 0 Å². The Labute approximate surface area is 193 Å². The Hall–Kier alpha value is -3.74. The number of alkyl halides is 3. The number of carbonyl (C=O) groups excluding carboxylic acids is 2. The van der Waals surface area contributed by atoms with Gasteiger partial charge in [-0.15, -0.1) is 0 Å². The van der Waals surface area contributed by atoms with E-state index in [9.17, 15) is 31.5 Å². The number of carbonyl (C=O) groups is 2. The van der Waals surface area contributed by atoms with E-state index in [1.54, 1.807) is 0 Å². The first kappa shape index (κ1) is 24.9. The van der Waals surface area contributed by atoms with Gasteiger partial charge in [0.1, 0.15) is 17.4 Å². The molecule has 3 N–H and O–H groups in total. The summed E-state index contributed by atoms with van der Waals surface area (Å²) >= 11 is 5.86. The highest BCUT2D eigenvalue weighted by Gasteiger charge is 2.39. The summed E-state index contributed by atoms with van der Waals surface area (Å²) in [5.41, 5.74) is 3.51. The summed E-state index contributed by atoms with van der Waals surface area (Å²) in [6.07, 6.45) is -7.24. The summed E-state index contributed by atoms with van der Waals surface area (Å²) in [6.45, 7) is 0.669. The van der Waals surface area contributed by atoms with Crippen LogP contribution in [0.2, 0.25) is 5.02 Å². The minimum atomic E-state index is -4.83. The number of hydrogen-bond donors (Lipinski definition) is 2. The summed E-state index contributed by atoms with van der Waals surface area (Å²) in [5.74, 6) is -5.72. The normalized spacial score (nSPS) is 12.4. The fraction of sp³-hybridized carbons (Fsp3) is 0.200. The lowest BCUT2D eigenvalue weighted by molar-refractivity contribution is -0.189. The molecule has 0 saturated carbocycles. The number of benzene rings is 2. The Morgan fingerprint density at radius 3 is 2.44 bits per heavy atom. The molecule has 3 aromatic rings. The summed E-state index contributed by atoms with van der Waals surface area (Å²) in [6, 6.07) is 4.84. The topological polar surface area (TPSA) is 112 Å². The number of aryl methyl sites for hydroxylation is 1. The molecule has 0 saturated heterocycles. The van der Waals surface area contributed by atoms with Gasteiger partial charge >= 0.3 is 6.18 Å². The molecule has 0 spiro atoms. The maximum atomic E-state index is 14.9. The molecule has 34 heavy (non-hydrogen) atoms. The van der Waals surface area contributed by atoms with Gasteiger partial charge in [0.2, 0.25) is 5.82 Å². The second-order valence-corrected chi connectivity index (χ2v) is 7.33. The van der Waals surface area contributed by atoms with Gasteiger partial charge in [0.15, 0.2) is 11.9 Å². The number of nitrogens with two attached hydrogens (primary N) is 1. The van der Waals surface area contributed by atoms with E-state index in [1.807, 2.05) is 0 Å². The molecule has 0 aliphatic carbocycles. The molecule has 180 valence electrons. The molecule has 0 aliphatic rings. The summed E-state index contributed by atoms with van der Waals surface area (Å²) in [7, 11) is 1.29. The van der Waals surface area contributed by atoms with Gasteiger partial charge < -0.3 is 15.8 Å². The van der Waals surface area contributed by atoms with Crippen LogP contribution in [-0.4, -0.2) is 38.9 Å². The summed E-state index contributed by atoms with van der Waals surface area (Å²) in [4.78, 5) is 27.9. The molecule has 1 heterocycles. The zero-order valence-electron chi connectivity index (χ0n) is 17.4. The molecule has 0 radical (unpaired) electrons. The van der Waals surface area contributed by atoms with E-state index in [-0.39, 0.29) is 10.8 Å². The quantitative estimate of drug-likeness (QED) is 0.492. The van der Waals surface area contributed by atoms with Crippen molar-refractivity contribution in [1.82, 2.24) is 14.8 Å². The van der Waals surface area contributed by atoms with Crippen molar-refractivity contribution >= 4 is 29.1 Å².